The highest BCUT2D eigenvalue weighted by molar-refractivity contribution is 5.14. The van der Waals surface area contributed by atoms with Crippen molar-refractivity contribution in [2.75, 3.05) is 13.1 Å². The zero-order chi connectivity index (χ0) is 11.8. The van der Waals surface area contributed by atoms with Gasteiger partial charge in [0.05, 0.1) is 0 Å². The first kappa shape index (κ1) is 13.2. The molecule has 1 aromatic carbocycles. The number of nitrogens with one attached hydrogen (secondary N) is 1. The minimum Gasteiger partial charge on any atom is -0.316 e. The van der Waals surface area contributed by atoms with Crippen LogP contribution in [0.2, 0.25) is 0 Å². The second-order valence-corrected chi connectivity index (χ2v) is 4.80. The van der Waals surface area contributed by atoms with Crippen molar-refractivity contribution < 1.29 is 0 Å². The van der Waals surface area contributed by atoms with Crippen LogP contribution in [0.25, 0.3) is 0 Å². The van der Waals surface area contributed by atoms with Crippen LogP contribution >= 0.6 is 0 Å². The molecule has 2 unspecified atom stereocenters. The van der Waals surface area contributed by atoms with Crippen LogP contribution in [0.5, 0.6) is 0 Å². The van der Waals surface area contributed by atoms with Gasteiger partial charge in [-0.2, -0.15) is 0 Å². The Hall–Kier alpha value is -0.820. The molecule has 1 nitrogen and oxygen atoms in total. The van der Waals surface area contributed by atoms with Gasteiger partial charge < -0.3 is 5.32 Å². The molecule has 90 valence electrons. The molecule has 0 radical (unpaired) electrons. The van der Waals surface area contributed by atoms with Crippen LogP contribution < -0.4 is 5.32 Å². The van der Waals surface area contributed by atoms with Crippen molar-refractivity contribution in [3.05, 3.63) is 35.9 Å². The van der Waals surface area contributed by atoms with Gasteiger partial charge in [0.2, 0.25) is 0 Å². The third-order valence-corrected chi connectivity index (χ3v) is 3.51. The van der Waals surface area contributed by atoms with Crippen LogP contribution in [-0.4, -0.2) is 13.1 Å². The molecule has 0 heterocycles. The third kappa shape index (κ3) is 4.80. The third-order valence-electron chi connectivity index (χ3n) is 3.51. The molecular weight excluding hydrogens is 194 g/mol. The van der Waals surface area contributed by atoms with Gasteiger partial charge in [0.1, 0.15) is 0 Å². The lowest BCUT2D eigenvalue weighted by Crippen LogP contribution is -2.26. The van der Waals surface area contributed by atoms with E-state index in [-0.39, 0.29) is 0 Å². The Morgan fingerprint density at radius 2 is 1.75 bits per heavy atom. The molecule has 0 saturated carbocycles. The summed E-state index contributed by atoms with van der Waals surface area (Å²) in [5.74, 6) is 1.60. The van der Waals surface area contributed by atoms with E-state index in [0.29, 0.717) is 0 Å². The highest BCUT2D eigenvalue weighted by Gasteiger charge is 2.08. The Morgan fingerprint density at radius 3 is 2.38 bits per heavy atom. The van der Waals surface area contributed by atoms with E-state index in [0.717, 1.165) is 31.3 Å². The van der Waals surface area contributed by atoms with Gasteiger partial charge in [-0.05, 0) is 36.9 Å². The first-order chi connectivity index (χ1) is 7.74. The van der Waals surface area contributed by atoms with Gasteiger partial charge in [0, 0.05) is 0 Å². The van der Waals surface area contributed by atoms with Crippen LogP contribution in [0, 0.1) is 11.8 Å². The second kappa shape index (κ2) is 7.45. The quantitative estimate of drug-likeness (QED) is 0.692. The first-order valence-electron chi connectivity index (χ1n) is 6.48. The van der Waals surface area contributed by atoms with Gasteiger partial charge >= 0.3 is 0 Å². The summed E-state index contributed by atoms with van der Waals surface area (Å²) in [7, 11) is 0. The lowest BCUT2D eigenvalue weighted by Gasteiger charge is -2.18. The molecule has 0 aliphatic rings. The molecule has 0 aliphatic heterocycles. The standard InChI is InChI=1S/C15H25N/c1-4-13(2)14(3)12-16-11-10-15-8-6-5-7-9-15/h5-9,13-14,16H,4,10-12H2,1-3H3. The fraction of sp³-hybridized carbons (Fsp3) is 0.600. The highest BCUT2D eigenvalue weighted by atomic mass is 14.9. The Labute approximate surface area is 100 Å². The summed E-state index contributed by atoms with van der Waals surface area (Å²) in [6.45, 7) is 9.17. The van der Waals surface area contributed by atoms with E-state index >= 15 is 0 Å². The molecule has 0 fully saturated rings. The molecule has 16 heavy (non-hydrogen) atoms. The molecule has 1 N–H and O–H groups in total. The van der Waals surface area contributed by atoms with Crippen molar-refractivity contribution in [1.29, 1.82) is 0 Å². The maximum Gasteiger partial charge on any atom is -0.000824 e. The lowest BCUT2D eigenvalue weighted by molar-refractivity contribution is 0.359. The van der Waals surface area contributed by atoms with Gasteiger partial charge in [0.25, 0.3) is 0 Å². The summed E-state index contributed by atoms with van der Waals surface area (Å²) in [6, 6.07) is 10.7. The van der Waals surface area contributed by atoms with E-state index in [1.165, 1.54) is 12.0 Å². The Bertz CT molecular complexity index is 268. The normalized spacial score (nSPS) is 14.7. The topological polar surface area (TPSA) is 12.0 Å². The smallest absolute Gasteiger partial charge is 0.000824 e. The predicted molar refractivity (Wildman–Crippen MR) is 71.6 cm³/mol. The minimum atomic E-state index is 0.778. The van der Waals surface area contributed by atoms with Crippen molar-refractivity contribution in [1.82, 2.24) is 5.32 Å². The molecule has 1 rings (SSSR count). The van der Waals surface area contributed by atoms with E-state index in [1.807, 2.05) is 0 Å². The average molecular weight is 219 g/mol. The Balaban J connectivity index is 2.13. The van der Waals surface area contributed by atoms with E-state index in [2.05, 4.69) is 56.4 Å². The van der Waals surface area contributed by atoms with E-state index in [4.69, 9.17) is 0 Å². The fourth-order valence-corrected chi connectivity index (χ4v) is 1.81. The summed E-state index contributed by atoms with van der Waals surface area (Å²) in [5, 5.41) is 3.55. The molecule has 1 aromatic rings. The summed E-state index contributed by atoms with van der Waals surface area (Å²) in [4.78, 5) is 0. The van der Waals surface area contributed by atoms with Gasteiger partial charge in [-0.25, -0.2) is 0 Å². The lowest BCUT2D eigenvalue weighted by atomic mass is 9.93. The monoisotopic (exact) mass is 219 g/mol. The summed E-state index contributed by atoms with van der Waals surface area (Å²) < 4.78 is 0. The van der Waals surface area contributed by atoms with Crippen LogP contribution in [-0.2, 0) is 6.42 Å². The average Bonchev–Trinajstić information content (AvgIpc) is 2.34. The van der Waals surface area contributed by atoms with Crippen LogP contribution in [0.1, 0.15) is 32.8 Å². The largest absolute Gasteiger partial charge is 0.316 e. The zero-order valence-electron chi connectivity index (χ0n) is 10.9. The van der Waals surface area contributed by atoms with Gasteiger partial charge in [-0.3, -0.25) is 0 Å². The summed E-state index contributed by atoms with van der Waals surface area (Å²) >= 11 is 0. The van der Waals surface area contributed by atoms with Crippen molar-refractivity contribution in [2.45, 2.75) is 33.6 Å². The van der Waals surface area contributed by atoms with Gasteiger partial charge in [0.15, 0.2) is 0 Å². The first-order valence-corrected chi connectivity index (χ1v) is 6.48. The number of rotatable bonds is 7. The van der Waals surface area contributed by atoms with E-state index in [1.54, 1.807) is 0 Å². The second-order valence-electron chi connectivity index (χ2n) is 4.80. The summed E-state index contributed by atoms with van der Waals surface area (Å²) in [6.07, 6.45) is 2.41. The molecule has 2 atom stereocenters. The number of hydrogen-bond donors (Lipinski definition) is 1. The predicted octanol–water partition coefficient (Wildman–Crippen LogP) is 3.50. The summed E-state index contributed by atoms with van der Waals surface area (Å²) in [5.41, 5.74) is 1.42. The van der Waals surface area contributed by atoms with Crippen molar-refractivity contribution in [3.63, 3.8) is 0 Å². The van der Waals surface area contributed by atoms with Crippen LogP contribution in [0.15, 0.2) is 30.3 Å². The minimum absolute atomic E-state index is 0.778. The maximum atomic E-state index is 3.55. The van der Waals surface area contributed by atoms with Gasteiger partial charge in [-0.15, -0.1) is 0 Å². The Kier molecular flexibility index (Phi) is 6.17. The van der Waals surface area contributed by atoms with Crippen molar-refractivity contribution in [2.24, 2.45) is 11.8 Å². The van der Waals surface area contributed by atoms with Crippen LogP contribution in [0.3, 0.4) is 0 Å². The van der Waals surface area contributed by atoms with E-state index in [9.17, 15) is 0 Å². The molecule has 0 aliphatic carbocycles. The molecule has 0 spiro atoms. The highest BCUT2D eigenvalue weighted by Crippen LogP contribution is 2.12. The molecular formula is C15H25N. The molecule has 0 bridgehead atoms. The van der Waals surface area contributed by atoms with E-state index < -0.39 is 0 Å². The maximum absolute atomic E-state index is 3.55. The van der Waals surface area contributed by atoms with Gasteiger partial charge in [-0.1, -0.05) is 57.5 Å². The molecule has 0 amide bonds. The molecule has 0 saturated heterocycles. The van der Waals surface area contributed by atoms with Crippen molar-refractivity contribution >= 4 is 0 Å². The fourth-order valence-electron chi connectivity index (χ4n) is 1.81. The van der Waals surface area contributed by atoms with Crippen molar-refractivity contribution in [3.8, 4) is 0 Å². The number of benzene rings is 1. The zero-order valence-corrected chi connectivity index (χ0v) is 10.9. The SMILES string of the molecule is CCC(C)C(C)CNCCc1ccccc1. The number of hydrogen-bond acceptors (Lipinski definition) is 1. The molecule has 0 aromatic heterocycles. The molecule has 1 heteroatoms. The van der Waals surface area contributed by atoms with Crippen LogP contribution in [0.4, 0.5) is 0 Å². The Morgan fingerprint density at radius 1 is 1.06 bits per heavy atom.